The molecule has 1 aliphatic rings. The van der Waals surface area contributed by atoms with E-state index in [4.69, 9.17) is 18.0 Å². The highest BCUT2D eigenvalue weighted by Gasteiger charge is 2.31. The van der Waals surface area contributed by atoms with E-state index >= 15 is 0 Å². The lowest BCUT2D eigenvalue weighted by Crippen LogP contribution is -2.15. The highest BCUT2D eigenvalue weighted by molar-refractivity contribution is 7.80. The van der Waals surface area contributed by atoms with Crippen LogP contribution >= 0.6 is 12.2 Å². The third kappa shape index (κ3) is 2.05. The molecule has 0 aromatic heterocycles. The molecule has 4 heteroatoms. The van der Waals surface area contributed by atoms with Crippen molar-refractivity contribution in [3.8, 4) is 0 Å². The van der Waals surface area contributed by atoms with Crippen LogP contribution in [0.25, 0.3) is 0 Å². The summed E-state index contributed by atoms with van der Waals surface area (Å²) >= 11 is 4.96. The predicted octanol–water partition coefficient (Wildman–Crippen LogP) is 2.51. The molecule has 0 amide bonds. The molecule has 3 N–H and O–H groups in total. The molecule has 0 radical (unpaired) electrons. The van der Waals surface area contributed by atoms with Gasteiger partial charge in [-0.2, -0.15) is 0 Å². The molecule has 3 nitrogen and oxygen atoms in total. The second-order valence-electron chi connectivity index (χ2n) is 4.58. The van der Waals surface area contributed by atoms with Crippen molar-refractivity contribution in [1.29, 1.82) is 0 Å². The van der Waals surface area contributed by atoms with Crippen molar-refractivity contribution in [2.24, 2.45) is 5.73 Å². The van der Waals surface area contributed by atoms with Crippen molar-refractivity contribution < 1.29 is 9.90 Å². The smallest absolute Gasteiger partial charge is 0.336 e. The molecule has 2 rings (SSSR count). The monoisotopic (exact) mass is 249 g/mol. The maximum Gasteiger partial charge on any atom is 0.336 e. The van der Waals surface area contributed by atoms with Crippen LogP contribution in [0.5, 0.6) is 0 Å². The summed E-state index contributed by atoms with van der Waals surface area (Å²) < 4.78 is 0. The maximum atomic E-state index is 11.3. The van der Waals surface area contributed by atoms with Gasteiger partial charge in [-0.25, -0.2) is 4.79 Å². The van der Waals surface area contributed by atoms with Crippen molar-refractivity contribution in [3.05, 3.63) is 33.9 Å². The molecule has 1 saturated carbocycles. The van der Waals surface area contributed by atoms with Crippen molar-refractivity contribution in [2.45, 2.75) is 32.6 Å². The predicted molar refractivity (Wildman–Crippen MR) is 70.7 cm³/mol. The van der Waals surface area contributed by atoms with Crippen molar-refractivity contribution in [3.63, 3.8) is 0 Å². The summed E-state index contributed by atoms with van der Waals surface area (Å²) in [6, 6.07) is 1.63. The first-order valence-electron chi connectivity index (χ1n) is 5.60. The van der Waals surface area contributed by atoms with Gasteiger partial charge in [-0.1, -0.05) is 12.2 Å². The molecule has 0 heterocycles. The van der Waals surface area contributed by atoms with Gasteiger partial charge in [0.2, 0.25) is 0 Å². The van der Waals surface area contributed by atoms with Gasteiger partial charge in [-0.3, -0.25) is 0 Å². The number of hydrogen-bond acceptors (Lipinski definition) is 2. The SMILES string of the molecule is Cc1c(C(N)=S)cc(C(=O)O)c(C2CC2)c1C. The highest BCUT2D eigenvalue weighted by atomic mass is 32.1. The fraction of sp³-hybridized carbons (Fsp3) is 0.385. The topological polar surface area (TPSA) is 63.3 Å². The Kier molecular flexibility index (Phi) is 2.91. The maximum absolute atomic E-state index is 11.3. The minimum absolute atomic E-state index is 0.260. The molecule has 1 aliphatic carbocycles. The summed E-state index contributed by atoms with van der Waals surface area (Å²) in [6.45, 7) is 3.90. The van der Waals surface area contributed by atoms with Gasteiger partial charge in [-0.15, -0.1) is 0 Å². The quantitative estimate of drug-likeness (QED) is 0.808. The minimum Gasteiger partial charge on any atom is -0.478 e. The van der Waals surface area contributed by atoms with Crippen LogP contribution in [0.3, 0.4) is 0 Å². The molecule has 0 bridgehead atoms. The van der Waals surface area contributed by atoms with Crippen LogP contribution in [0, 0.1) is 13.8 Å². The third-order valence-corrected chi connectivity index (χ3v) is 3.65. The minimum atomic E-state index is -0.896. The van der Waals surface area contributed by atoms with Crippen molar-refractivity contribution in [1.82, 2.24) is 0 Å². The Morgan fingerprint density at radius 3 is 2.35 bits per heavy atom. The zero-order valence-electron chi connectivity index (χ0n) is 9.91. The summed E-state index contributed by atoms with van der Waals surface area (Å²) in [5.41, 5.74) is 9.67. The first-order chi connectivity index (χ1) is 7.93. The first kappa shape index (κ1) is 12.0. The van der Waals surface area contributed by atoms with E-state index in [2.05, 4.69) is 0 Å². The molecule has 0 spiro atoms. The summed E-state index contributed by atoms with van der Waals surface area (Å²) in [4.78, 5) is 11.6. The summed E-state index contributed by atoms with van der Waals surface area (Å²) in [7, 11) is 0. The molecular formula is C13H15NO2S. The van der Waals surface area contributed by atoms with Gasteiger partial charge in [0.1, 0.15) is 4.99 Å². The van der Waals surface area contributed by atoms with Crippen LogP contribution in [-0.2, 0) is 0 Å². The third-order valence-electron chi connectivity index (χ3n) is 3.43. The number of rotatable bonds is 3. The van der Waals surface area contributed by atoms with Gasteiger partial charge in [0.05, 0.1) is 5.56 Å². The number of nitrogens with two attached hydrogens (primary N) is 1. The van der Waals surface area contributed by atoms with Crippen LogP contribution in [0.4, 0.5) is 0 Å². The molecule has 90 valence electrons. The number of thiocarbonyl (C=S) groups is 1. The van der Waals surface area contributed by atoms with Crippen LogP contribution < -0.4 is 5.73 Å². The van der Waals surface area contributed by atoms with Crippen LogP contribution in [0.15, 0.2) is 6.07 Å². The van der Waals surface area contributed by atoms with E-state index in [-0.39, 0.29) is 4.99 Å². The molecular weight excluding hydrogens is 234 g/mol. The standard InChI is InChI=1S/C13H15NO2S/c1-6-7(2)11(8-3-4-8)10(13(15)16)5-9(6)12(14)17/h5,8H,3-4H2,1-2H3,(H2,14,17)(H,15,16). The van der Waals surface area contributed by atoms with E-state index in [0.717, 1.165) is 29.5 Å². The van der Waals surface area contributed by atoms with Gasteiger partial charge >= 0.3 is 5.97 Å². The molecule has 0 atom stereocenters. The van der Waals surface area contributed by atoms with Gasteiger partial charge in [0.25, 0.3) is 0 Å². The molecule has 1 aromatic carbocycles. The number of aromatic carboxylic acids is 1. The zero-order valence-corrected chi connectivity index (χ0v) is 10.7. The average Bonchev–Trinajstić information content (AvgIpc) is 3.04. The van der Waals surface area contributed by atoms with Crippen LogP contribution in [0.2, 0.25) is 0 Å². The molecule has 17 heavy (non-hydrogen) atoms. The Hall–Kier alpha value is -1.42. The van der Waals surface area contributed by atoms with E-state index in [0.29, 0.717) is 17.0 Å². The van der Waals surface area contributed by atoms with Crippen LogP contribution in [0.1, 0.15) is 51.4 Å². The van der Waals surface area contributed by atoms with E-state index in [1.807, 2.05) is 13.8 Å². The van der Waals surface area contributed by atoms with E-state index in [1.165, 1.54) is 0 Å². The van der Waals surface area contributed by atoms with E-state index < -0.39 is 5.97 Å². The first-order valence-corrected chi connectivity index (χ1v) is 6.01. The largest absolute Gasteiger partial charge is 0.478 e. The summed E-state index contributed by atoms with van der Waals surface area (Å²) in [5.74, 6) is -0.493. The van der Waals surface area contributed by atoms with Gasteiger partial charge in [-0.05, 0) is 55.4 Å². The van der Waals surface area contributed by atoms with Crippen molar-refractivity contribution in [2.75, 3.05) is 0 Å². The number of carboxylic acids is 1. The molecule has 0 saturated heterocycles. The summed E-state index contributed by atoms with van der Waals surface area (Å²) in [6.07, 6.45) is 2.15. The fourth-order valence-electron chi connectivity index (χ4n) is 2.27. The Morgan fingerprint density at radius 1 is 1.35 bits per heavy atom. The van der Waals surface area contributed by atoms with Crippen LogP contribution in [-0.4, -0.2) is 16.1 Å². The number of carbonyl (C=O) groups is 1. The Bertz CT molecular complexity index is 519. The molecule has 0 unspecified atom stereocenters. The average molecular weight is 249 g/mol. The lowest BCUT2D eigenvalue weighted by Gasteiger charge is -2.15. The Labute approximate surface area is 106 Å². The van der Waals surface area contributed by atoms with Gasteiger partial charge in [0.15, 0.2) is 0 Å². The number of carboxylic acid groups (broad SMARTS) is 1. The zero-order chi connectivity index (χ0) is 12.7. The molecule has 1 aromatic rings. The second-order valence-corrected chi connectivity index (χ2v) is 5.02. The van der Waals surface area contributed by atoms with Crippen molar-refractivity contribution >= 4 is 23.2 Å². The van der Waals surface area contributed by atoms with E-state index in [9.17, 15) is 9.90 Å². The number of benzene rings is 1. The lowest BCUT2D eigenvalue weighted by molar-refractivity contribution is 0.0695. The fourth-order valence-corrected chi connectivity index (χ4v) is 2.48. The van der Waals surface area contributed by atoms with Gasteiger partial charge < -0.3 is 10.8 Å². The lowest BCUT2D eigenvalue weighted by atomic mass is 9.90. The van der Waals surface area contributed by atoms with E-state index in [1.54, 1.807) is 6.07 Å². The number of hydrogen-bond donors (Lipinski definition) is 2. The second kappa shape index (κ2) is 4.11. The Morgan fingerprint density at radius 2 is 1.94 bits per heavy atom. The normalized spacial score (nSPS) is 14.7. The molecule has 1 fully saturated rings. The Balaban J connectivity index is 2.71. The summed E-state index contributed by atoms with van der Waals surface area (Å²) in [5, 5.41) is 9.28. The highest BCUT2D eigenvalue weighted by Crippen LogP contribution is 2.44. The van der Waals surface area contributed by atoms with Gasteiger partial charge in [0, 0.05) is 5.56 Å². The molecule has 0 aliphatic heterocycles.